The molecule has 34 valence electrons. The second-order valence-corrected chi connectivity index (χ2v) is 1.12. The maximum absolute atomic E-state index is 3.81. The van der Waals surface area contributed by atoms with Crippen molar-refractivity contribution in [1.29, 1.82) is 0 Å². The summed E-state index contributed by atoms with van der Waals surface area (Å²) in [7, 11) is 0. The van der Waals surface area contributed by atoms with Crippen molar-refractivity contribution in [2.45, 2.75) is 13.8 Å². The largest absolute Gasteiger partial charge is 0.267 e. The van der Waals surface area contributed by atoms with Crippen LogP contribution in [0.1, 0.15) is 13.8 Å². The Morgan fingerprint density at radius 2 is 2.33 bits per heavy atom. The molecule has 0 unspecified atom stereocenters. The van der Waals surface area contributed by atoms with Gasteiger partial charge in [0.1, 0.15) is 0 Å². The molecule has 0 heterocycles. The molecule has 0 N–H and O–H groups in total. The lowest BCUT2D eigenvalue weighted by molar-refractivity contribution is 1.34. The summed E-state index contributed by atoms with van der Waals surface area (Å²) < 4.78 is 0. The highest BCUT2D eigenvalue weighted by atomic mass is 14.7. The van der Waals surface area contributed by atoms with E-state index >= 15 is 0 Å². The fourth-order valence-corrected chi connectivity index (χ4v) is 0.220. The van der Waals surface area contributed by atoms with Gasteiger partial charge in [-0.3, -0.25) is 4.99 Å². The minimum Gasteiger partial charge on any atom is -0.267 e. The molecule has 0 saturated carbocycles. The van der Waals surface area contributed by atoms with Gasteiger partial charge in [0, 0.05) is 11.9 Å². The maximum atomic E-state index is 3.81. The average Bonchev–Trinajstić information content (AvgIpc) is 1.35. The van der Waals surface area contributed by atoms with E-state index in [0.717, 1.165) is 5.70 Å². The van der Waals surface area contributed by atoms with E-state index in [0.29, 0.717) is 0 Å². The predicted octanol–water partition coefficient (Wildman–Crippen LogP) is 1.61. The van der Waals surface area contributed by atoms with Crippen LogP contribution < -0.4 is 0 Å². The second-order valence-electron chi connectivity index (χ2n) is 1.12. The highest BCUT2D eigenvalue weighted by Gasteiger charge is 1.64. The molecule has 0 fully saturated rings. The van der Waals surface area contributed by atoms with Crippen LogP contribution >= 0.6 is 0 Å². The van der Waals surface area contributed by atoms with Gasteiger partial charge in [-0.05, 0) is 13.8 Å². The summed E-state index contributed by atoms with van der Waals surface area (Å²) in [6.45, 7) is 7.28. The van der Waals surface area contributed by atoms with E-state index in [1.54, 1.807) is 6.21 Å². The van der Waals surface area contributed by atoms with E-state index in [9.17, 15) is 0 Å². The molecule has 0 aromatic rings. The Labute approximate surface area is 38.4 Å². The van der Waals surface area contributed by atoms with E-state index in [4.69, 9.17) is 0 Å². The van der Waals surface area contributed by atoms with Gasteiger partial charge in [-0.25, -0.2) is 0 Å². The zero-order valence-corrected chi connectivity index (χ0v) is 4.23. The minimum atomic E-state index is 0.859. The number of hydrogen-bond donors (Lipinski definition) is 0. The molecule has 0 bridgehead atoms. The lowest BCUT2D eigenvalue weighted by Crippen LogP contribution is -1.60. The Kier molecular flexibility index (Phi) is 2.38. The topological polar surface area (TPSA) is 12.4 Å². The first-order valence-electron chi connectivity index (χ1n) is 1.91. The highest BCUT2D eigenvalue weighted by Crippen LogP contribution is 1.82. The Bertz CT molecular complexity index is 72.0. The van der Waals surface area contributed by atoms with Crippen molar-refractivity contribution in [1.82, 2.24) is 0 Å². The van der Waals surface area contributed by atoms with Gasteiger partial charge in [0.2, 0.25) is 0 Å². The third kappa shape index (κ3) is 3.41. The second kappa shape index (κ2) is 2.64. The first-order valence-corrected chi connectivity index (χ1v) is 1.91. The third-order valence-electron chi connectivity index (χ3n) is 0.349. The molecule has 6 heavy (non-hydrogen) atoms. The first-order chi connectivity index (χ1) is 2.77. The molecule has 0 radical (unpaired) electrons. The molecule has 0 aromatic heterocycles. The van der Waals surface area contributed by atoms with Crippen molar-refractivity contribution in [3.05, 3.63) is 12.3 Å². The van der Waals surface area contributed by atoms with E-state index in [1.807, 2.05) is 13.8 Å². The zero-order chi connectivity index (χ0) is 4.99. The van der Waals surface area contributed by atoms with Crippen LogP contribution in [0.15, 0.2) is 17.3 Å². The molecular weight excluding hydrogens is 74.1 g/mol. The van der Waals surface area contributed by atoms with Crippen molar-refractivity contribution in [3.8, 4) is 0 Å². The summed E-state index contributed by atoms with van der Waals surface area (Å²) in [6.07, 6.45) is 1.72. The maximum Gasteiger partial charge on any atom is 0.0296 e. The molecule has 1 heteroatoms. The van der Waals surface area contributed by atoms with E-state index in [1.165, 1.54) is 0 Å². The average molecular weight is 83.1 g/mol. The SMILES string of the molecule is C=C(C)/N=C\C. The quantitative estimate of drug-likeness (QED) is 0.427. The van der Waals surface area contributed by atoms with Crippen LogP contribution in [-0.2, 0) is 0 Å². The number of aliphatic imine (C=N–C) groups is 1. The number of hydrogen-bond acceptors (Lipinski definition) is 1. The molecule has 0 atom stereocenters. The summed E-state index contributed by atoms with van der Waals surface area (Å²) in [5, 5.41) is 0. The molecular formula is C5H9N. The number of rotatable bonds is 1. The van der Waals surface area contributed by atoms with Crippen molar-refractivity contribution < 1.29 is 0 Å². The van der Waals surface area contributed by atoms with Crippen LogP contribution in [0.25, 0.3) is 0 Å². The number of allylic oxidation sites excluding steroid dienone is 1. The van der Waals surface area contributed by atoms with Gasteiger partial charge in [-0.2, -0.15) is 0 Å². The number of nitrogens with zero attached hydrogens (tertiary/aromatic N) is 1. The summed E-state index contributed by atoms with van der Waals surface area (Å²) in [5.74, 6) is 0. The molecule has 0 aliphatic carbocycles. The van der Waals surface area contributed by atoms with Gasteiger partial charge in [-0.15, -0.1) is 0 Å². The highest BCUT2D eigenvalue weighted by molar-refractivity contribution is 5.54. The van der Waals surface area contributed by atoms with Crippen LogP contribution in [0, 0.1) is 0 Å². The molecule has 0 amide bonds. The van der Waals surface area contributed by atoms with Crippen LogP contribution in [0.5, 0.6) is 0 Å². The van der Waals surface area contributed by atoms with Crippen molar-refractivity contribution in [2.75, 3.05) is 0 Å². The predicted molar refractivity (Wildman–Crippen MR) is 29.0 cm³/mol. The smallest absolute Gasteiger partial charge is 0.0296 e. The van der Waals surface area contributed by atoms with Gasteiger partial charge < -0.3 is 0 Å². The lowest BCUT2D eigenvalue weighted by Gasteiger charge is -1.77. The van der Waals surface area contributed by atoms with Crippen LogP contribution in [0.3, 0.4) is 0 Å². The Morgan fingerprint density at radius 3 is 2.33 bits per heavy atom. The fraction of sp³-hybridized carbons (Fsp3) is 0.400. The minimum absolute atomic E-state index is 0.859. The summed E-state index contributed by atoms with van der Waals surface area (Å²) in [4.78, 5) is 3.81. The van der Waals surface area contributed by atoms with Gasteiger partial charge in [0.15, 0.2) is 0 Å². The van der Waals surface area contributed by atoms with E-state index in [-0.39, 0.29) is 0 Å². The zero-order valence-electron chi connectivity index (χ0n) is 4.23. The van der Waals surface area contributed by atoms with Crippen LogP contribution in [0.4, 0.5) is 0 Å². The van der Waals surface area contributed by atoms with Crippen molar-refractivity contribution in [3.63, 3.8) is 0 Å². The molecule has 0 spiro atoms. The molecule has 0 aromatic carbocycles. The lowest BCUT2D eigenvalue weighted by atomic mass is 10.6. The first kappa shape index (κ1) is 5.41. The molecule has 0 saturated heterocycles. The monoisotopic (exact) mass is 83.1 g/mol. The van der Waals surface area contributed by atoms with Crippen molar-refractivity contribution in [2.24, 2.45) is 4.99 Å². The van der Waals surface area contributed by atoms with Gasteiger partial charge in [0.25, 0.3) is 0 Å². The third-order valence-corrected chi connectivity index (χ3v) is 0.349. The molecule has 0 rings (SSSR count). The molecule has 1 nitrogen and oxygen atoms in total. The van der Waals surface area contributed by atoms with Crippen molar-refractivity contribution >= 4 is 6.21 Å². The van der Waals surface area contributed by atoms with Crippen LogP contribution in [0.2, 0.25) is 0 Å². The van der Waals surface area contributed by atoms with E-state index in [2.05, 4.69) is 11.6 Å². The van der Waals surface area contributed by atoms with Gasteiger partial charge in [0.05, 0.1) is 0 Å². The Balaban J connectivity index is 3.30. The van der Waals surface area contributed by atoms with Crippen LogP contribution in [-0.4, -0.2) is 6.21 Å². The van der Waals surface area contributed by atoms with Gasteiger partial charge >= 0.3 is 0 Å². The Morgan fingerprint density at radius 1 is 1.83 bits per heavy atom. The normalized spacial score (nSPS) is 9.67. The summed E-state index contributed by atoms with van der Waals surface area (Å²) >= 11 is 0. The summed E-state index contributed by atoms with van der Waals surface area (Å²) in [5.41, 5.74) is 0.859. The van der Waals surface area contributed by atoms with E-state index < -0.39 is 0 Å². The summed E-state index contributed by atoms with van der Waals surface area (Å²) in [6, 6.07) is 0. The fourth-order valence-electron chi connectivity index (χ4n) is 0.220. The molecule has 0 aliphatic heterocycles. The Hall–Kier alpha value is -0.590. The van der Waals surface area contributed by atoms with Gasteiger partial charge in [-0.1, -0.05) is 6.58 Å². The standard InChI is InChI=1S/C5H9N/c1-4-6-5(2)3/h4H,2H2,1,3H3/b6-4-. The molecule has 0 aliphatic rings.